The van der Waals surface area contributed by atoms with Crippen molar-refractivity contribution in [1.29, 1.82) is 0 Å². The molecular weight excluding hydrogens is 210 g/mol. The first-order valence-electron chi connectivity index (χ1n) is 4.74. The molecule has 0 aromatic heterocycles. The third-order valence-corrected chi connectivity index (χ3v) is 1.93. The van der Waals surface area contributed by atoms with Crippen LogP contribution in [-0.4, -0.2) is 30.2 Å². The lowest BCUT2D eigenvalue weighted by Crippen LogP contribution is -2.30. The number of amides is 1. The Kier molecular flexibility index (Phi) is 4.47. The van der Waals surface area contributed by atoms with Crippen LogP contribution in [0.2, 0.25) is 0 Å². The van der Waals surface area contributed by atoms with E-state index in [2.05, 4.69) is 10.1 Å². The van der Waals surface area contributed by atoms with E-state index in [4.69, 9.17) is 0 Å². The molecule has 86 valence electrons. The van der Waals surface area contributed by atoms with Crippen LogP contribution in [-0.2, 0) is 14.3 Å². The summed E-state index contributed by atoms with van der Waals surface area (Å²) in [6, 6.07) is 8.68. The van der Waals surface area contributed by atoms with Crippen molar-refractivity contribution in [3.63, 3.8) is 0 Å². The predicted octanol–water partition coefficient (Wildman–Crippen LogP) is 0.549. The molecule has 1 amide bonds. The Hall–Kier alpha value is -1.88. The summed E-state index contributed by atoms with van der Waals surface area (Å²) in [4.78, 5) is 22.2. The zero-order chi connectivity index (χ0) is 12.0. The molecule has 1 atom stereocenters. The van der Waals surface area contributed by atoms with E-state index in [9.17, 15) is 14.7 Å². The zero-order valence-electron chi connectivity index (χ0n) is 8.84. The first-order valence-corrected chi connectivity index (χ1v) is 4.74. The second-order valence-corrected chi connectivity index (χ2v) is 3.15. The van der Waals surface area contributed by atoms with Gasteiger partial charge < -0.3 is 15.2 Å². The average molecular weight is 223 g/mol. The van der Waals surface area contributed by atoms with Gasteiger partial charge in [0.2, 0.25) is 0 Å². The number of esters is 1. The number of ether oxygens (including phenoxy) is 1. The van der Waals surface area contributed by atoms with E-state index in [0.29, 0.717) is 5.69 Å². The van der Waals surface area contributed by atoms with Gasteiger partial charge in [0.25, 0.3) is 5.91 Å². The van der Waals surface area contributed by atoms with Gasteiger partial charge in [-0.25, -0.2) is 0 Å². The van der Waals surface area contributed by atoms with Gasteiger partial charge in [-0.1, -0.05) is 18.2 Å². The SMILES string of the molecule is COC(=O)C[C@H](O)C(=O)Nc1ccccc1. The summed E-state index contributed by atoms with van der Waals surface area (Å²) in [6.07, 6.45) is -1.75. The number of anilines is 1. The van der Waals surface area contributed by atoms with Crippen molar-refractivity contribution in [3.8, 4) is 0 Å². The Labute approximate surface area is 93.0 Å². The number of aliphatic hydroxyl groups is 1. The molecule has 0 unspecified atom stereocenters. The quantitative estimate of drug-likeness (QED) is 0.731. The van der Waals surface area contributed by atoms with Crippen molar-refractivity contribution in [3.05, 3.63) is 30.3 Å². The number of nitrogens with one attached hydrogen (secondary N) is 1. The monoisotopic (exact) mass is 223 g/mol. The zero-order valence-corrected chi connectivity index (χ0v) is 8.84. The highest BCUT2D eigenvalue weighted by atomic mass is 16.5. The van der Waals surface area contributed by atoms with Gasteiger partial charge in [0.1, 0.15) is 6.10 Å². The van der Waals surface area contributed by atoms with Crippen LogP contribution in [0.4, 0.5) is 5.69 Å². The van der Waals surface area contributed by atoms with Crippen LogP contribution in [0.1, 0.15) is 6.42 Å². The van der Waals surface area contributed by atoms with Gasteiger partial charge in [0, 0.05) is 5.69 Å². The van der Waals surface area contributed by atoms with Crippen molar-refractivity contribution in [1.82, 2.24) is 0 Å². The number of hydrogen-bond acceptors (Lipinski definition) is 4. The molecule has 1 rings (SSSR count). The van der Waals surface area contributed by atoms with E-state index in [0.717, 1.165) is 0 Å². The second-order valence-electron chi connectivity index (χ2n) is 3.15. The molecule has 0 aliphatic rings. The van der Waals surface area contributed by atoms with Crippen LogP contribution in [0.3, 0.4) is 0 Å². The van der Waals surface area contributed by atoms with Gasteiger partial charge in [-0.2, -0.15) is 0 Å². The van der Waals surface area contributed by atoms with Crippen molar-refractivity contribution >= 4 is 17.6 Å². The van der Waals surface area contributed by atoms with Crippen LogP contribution in [0, 0.1) is 0 Å². The van der Waals surface area contributed by atoms with Crippen molar-refractivity contribution in [2.45, 2.75) is 12.5 Å². The van der Waals surface area contributed by atoms with Crippen molar-refractivity contribution < 1.29 is 19.4 Å². The second kappa shape index (κ2) is 5.87. The number of benzene rings is 1. The van der Waals surface area contributed by atoms with Crippen LogP contribution in [0.25, 0.3) is 0 Å². The van der Waals surface area contributed by atoms with Crippen molar-refractivity contribution in [2.75, 3.05) is 12.4 Å². The largest absolute Gasteiger partial charge is 0.469 e. The highest BCUT2D eigenvalue weighted by Crippen LogP contribution is 2.06. The highest BCUT2D eigenvalue weighted by Gasteiger charge is 2.19. The summed E-state index contributed by atoms with van der Waals surface area (Å²) in [6.45, 7) is 0. The maximum atomic E-state index is 11.4. The average Bonchev–Trinajstić information content (AvgIpc) is 2.30. The highest BCUT2D eigenvalue weighted by molar-refractivity contribution is 5.95. The number of aliphatic hydroxyl groups excluding tert-OH is 1. The standard InChI is InChI=1S/C11H13NO4/c1-16-10(14)7-9(13)11(15)12-8-5-3-2-4-6-8/h2-6,9,13H,7H2,1H3,(H,12,15)/t9-/m0/s1. The topological polar surface area (TPSA) is 75.6 Å². The number of carbonyl (C=O) groups excluding carboxylic acids is 2. The van der Waals surface area contributed by atoms with Crippen LogP contribution >= 0.6 is 0 Å². The maximum absolute atomic E-state index is 11.4. The van der Waals surface area contributed by atoms with E-state index in [1.807, 2.05) is 0 Å². The normalized spacial score (nSPS) is 11.6. The summed E-state index contributed by atoms with van der Waals surface area (Å²) in [5, 5.41) is 11.8. The number of carbonyl (C=O) groups is 2. The Bertz CT molecular complexity index is 364. The number of rotatable bonds is 4. The van der Waals surface area contributed by atoms with E-state index in [-0.39, 0.29) is 6.42 Å². The Balaban J connectivity index is 2.49. The maximum Gasteiger partial charge on any atom is 0.308 e. The molecule has 0 heterocycles. The molecular formula is C11H13NO4. The van der Waals surface area contributed by atoms with Gasteiger partial charge in [-0.15, -0.1) is 0 Å². The minimum Gasteiger partial charge on any atom is -0.469 e. The molecule has 1 aromatic carbocycles. The number of methoxy groups -OCH3 is 1. The summed E-state index contributed by atoms with van der Waals surface area (Å²) in [5.41, 5.74) is 0.566. The van der Waals surface area contributed by atoms with Gasteiger partial charge in [-0.05, 0) is 12.1 Å². The Morgan fingerprint density at radius 3 is 2.56 bits per heavy atom. The molecule has 2 N–H and O–H groups in total. The van der Waals surface area contributed by atoms with Gasteiger partial charge >= 0.3 is 5.97 Å². The third kappa shape index (κ3) is 3.70. The Morgan fingerprint density at radius 2 is 2.00 bits per heavy atom. The molecule has 1 aromatic rings. The minimum atomic E-state index is -1.40. The van der Waals surface area contributed by atoms with Crippen molar-refractivity contribution in [2.24, 2.45) is 0 Å². The molecule has 0 bridgehead atoms. The van der Waals surface area contributed by atoms with Crippen LogP contribution in [0.5, 0.6) is 0 Å². The fourth-order valence-electron chi connectivity index (χ4n) is 1.08. The first kappa shape index (κ1) is 12.2. The molecule has 0 aliphatic carbocycles. The lowest BCUT2D eigenvalue weighted by atomic mass is 10.2. The van der Waals surface area contributed by atoms with Crippen LogP contribution in [0.15, 0.2) is 30.3 Å². The fraction of sp³-hybridized carbons (Fsp3) is 0.273. The molecule has 16 heavy (non-hydrogen) atoms. The third-order valence-electron chi connectivity index (χ3n) is 1.93. The molecule has 5 heteroatoms. The minimum absolute atomic E-state index is 0.352. The molecule has 0 saturated carbocycles. The van der Waals surface area contributed by atoms with E-state index in [1.165, 1.54) is 7.11 Å². The Morgan fingerprint density at radius 1 is 1.38 bits per heavy atom. The molecule has 0 spiro atoms. The number of hydrogen-bond donors (Lipinski definition) is 2. The lowest BCUT2D eigenvalue weighted by molar-refractivity contribution is -0.145. The summed E-state index contributed by atoms with van der Waals surface area (Å²) in [7, 11) is 1.20. The molecule has 0 aliphatic heterocycles. The van der Waals surface area contributed by atoms with Gasteiger partial charge in [-0.3, -0.25) is 9.59 Å². The number of para-hydroxylation sites is 1. The van der Waals surface area contributed by atoms with Gasteiger partial charge in [0.15, 0.2) is 0 Å². The summed E-state index contributed by atoms with van der Waals surface area (Å²) >= 11 is 0. The molecule has 5 nitrogen and oxygen atoms in total. The molecule has 0 saturated heterocycles. The predicted molar refractivity (Wildman–Crippen MR) is 57.7 cm³/mol. The van der Waals surface area contributed by atoms with Crippen LogP contribution < -0.4 is 5.32 Å². The van der Waals surface area contributed by atoms with E-state index >= 15 is 0 Å². The van der Waals surface area contributed by atoms with Gasteiger partial charge in [0.05, 0.1) is 13.5 Å². The fourth-order valence-corrected chi connectivity index (χ4v) is 1.08. The lowest BCUT2D eigenvalue weighted by Gasteiger charge is -2.09. The van der Waals surface area contributed by atoms with E-state index < -0.39 is 18.0 Å². The smallest absolute Gasteiger partial charge is 0.308 e. The molecule has 0 radical (unpaired) electrons. The van der Waals surface area contributed by atoms with E-state index in [1.54, 1.807) is 30.3 Å². The summed E-state index contributed by atoms with van der Waals surface area (Å²) < 4.78 is 4.34. The summed E-state index contributed by atoms with van der Waals surface area (Å²) in [5.74, 6) is -1.26. The molecule has 0 fully saturated rings. The first-order chi connectivity index (χ1) is 7.63.